The molecule has 0 aliphatic heterocycles. The van der Waals surface area contributed by atoms with Crippen molar-refractivity contribution in [2.24, 2.45) is 0 Å². The molecule has 0 saturated carbocycles. The Bertz CT molecular complexity index is 1240. The molecule has 0 aliphatic rings. The van der Waals surface area contributed by atoms with Crippen LogP contribution in [0.4, 0.5) is 5.69 Å². The highest BCUT2D eigenvalue weighted by atomic mass is 32.2. The molecular formula is C22H22N4O2S2. The molecular weight excluding hydrogens is 416 g/mol. The molecule has 2 aromatic carbocycles. The first-order chi connectivity index (χ1) is 14.6. The largest absolute Gasteiger partial charge is 0.325 e. The summed E-state index contributed by atoms with van der Waals surface area (Å²) < 4.78 is 1.37. The molecule has 6 nitrogen and oxygen atoms in total. The van der Waals surface area contributed by atoms with Crippen LogP contribution in [0.2, 0.25) is 0 Å². The zero-order valence-electron chi connectivity index (χ0n) is 16.6. The normalized spacial score (nSPS) is 11.2. The third-order valence-corrected chi connectivity index (χ3v) is 6.57. The van der Waals surface area contributed by atoms with Gasteiger partial charge in [0.2, 0.25) is 10.9 Å². The lowest BCUT2D eigenvalue weighted by Gasteiger charge is -2.08. The summed E-state index contributed by atoms with van der Waals surface area (Å²) in [5.41, 5.74) is 1.31. The van der Waals surface area contributed by atoms with Gasteiger partial charge in [-0.3, -0.25) is 9.59 Å². The summed E-state index contributed by atoms with van der Waals surface area (Å²) in [5, 5.41) is 10.4. The molecule has 1 amide bonds. The summed E-state index contributed by atoms with van der Waals surface area (Å²) in [4.78, 5) is 29.9. The number of fused-ring (bicyclic) bond motifs is 2. The third kappa shape index (κ3) is 4.71. The van der Waals surface area contributed by atoms with Crippen molar-refractivity contribution in [1.29, 1.82) is 0 Å². The van der Waals surface area contributed by atoms with E-state index in [0.29, 0.717) is 16.4 Å². The average molecular weight is 439 g/mol. The Balaban J connectivity index is 1.38. The van der Waals surface area contributed by atoms with Crippen LogP contribution in [0.15, 0.2) is 53.3 Å². The fourth-order valence-corrected chi connectivity index (χ4v) is 4.84. The fourth-order valence-electron chi connectivity index (χ4n) is 3.17. The fraction of sp³-hybridized carbons (Fsp3) is 0.273. The van der Waals surface area contributed by atoms with Crippen LogP contribution < -0.4 is 10.9 Å². The molecule has 0 spiro atoms. The van der Waals surface area contributed by atoms with Gasteiger partial charge in [0, 0.05) is 29.3 Å². The average Bonchev–Trinajstić information content (AvgIpc) is 3.16. The molecule has 2 heterocycles. The lowest BCUT2D eigenvalue weighted by molar-refractivity contribution is -0.113. The molecule has 0 atom stereocenters. The van der Waals surface area contributed by atoms with E-state index >= 15 is 0 Å². The number of amides is 1. The summed E-state index contributed by atoms with van der Waals surface area (Å²) in [6.07, 6.45) is 2.99. The first-order valence-corrected chi connectivity index (χ1v) is 11.8. The number of nitrogens with one attached hydrogen (secondary N) is 1. The highest BCUT2D eigenvalue weighted by Crippen LogP contribution is 2.23. The van der Waals surface area contributed by atoms with Gasteiger partial charge < -0.3 is 5.32 Å². The van der Waals surface area contributed by atoms with E-state index in [9.17, 15) is 9.59 Å². The number of anilines is 1. The predicted molar refractivity (Wildman–Crippen MR) is 124 cm³/mol. The van der Waals surface area contributed by atoms with E-state index in [1.807, 2.05) is 42.5 Å². The summed E-state index contributed by atoms with van der Waals surface area (Å²) >= 11 is 2.90. The van der Waals surface area contributed by atoms with Crippen molar-refractivity contribution in [2.45, 2.75) is 31.9 Å². The number of unbranched alkanes of at least 4 members (excludes halogenated alkanes) is 1. The maximum absolute atomic E-state index is 12.4. The number of aromatic nitrogens is 3. The maximum Gasteiger partial charge on any atom is 0.275 e. The van der Waals surface area contributed by atoms with Crippen LogP contribution in [0.5, 0.6) is 0 Å². The maximum atomic E-state index is 12.4. The highest BCUT2D eigenvalue weighted by Gasteiger charge is 2.10. The quantitative estimate of drug-likeness (QED) is 0.438. The number of carbonyl (C=O) groups is 1. The Morgan fingerprint density at radius 2 is 2.03 bits per heavy atom. The van der Waals surface area contributed by atoms with Crippen LogP contribution in [0.3, 0.4) is 0 Å². The number of hydrogen-bond donors (Lipinski definition) is 1. The Morgan fingerprint density at radius 1 is 1.20 bits per heavy atom. The monoisotopic (exact) mass is 438 g/mol. The second-order valence-corrected chi connectivity index (χ2v) is 8.97. The number of nitrogens with zero attached hydrogens (tertiary/aromatic N) is 3. The predicted octanol–water partition coefficient (Wildman–Crippen LogP) is 4.52. The van der Waals surface area contributed by atoms with Gasteiger partial charge in [-0.15, -0.1) is 11.8 Å². The Hall–Kier alpha value is -2.71. The standard InChI is InChI=1S/C22H22N4O2S2/c1-2-3-11-20-25-26-21(28)12-16(23-22(26)30-20)13-29-14-19(27)24-18-10-6-8-15-7-4-5-9-17(15)18/h4-10,12H,2-3,11,13-14H2,1H3,(H,24,27). The van der Waals surface area contributed by atoms with Crippen molar-refractivity contribution in [2.75, 3.05) is 11.1 Å². The summed E-state index contributed by atoms with van der Waals surface area (Å²) in [7, 11) is 0. The van der Waals surface area contributed by atoms with E-state index in [1.165, 1.54) is 33.7 Å². The van der Waals surface area contributed by atoms with Crippen molar-refractivity contribution in [3.8, 4) is 0 Å². The first-order valence-electron chi connectivity index (χ1n) is 9.88. The van der Waals surface area contributed by atoms with Gasteiger partial charge in [-0.2, -0.15) is 9.61 Å². The number of rotatable bonds is 8. The van der Waals surface area contributed by atoms with Crippen molar-refractivity contribution in [3.63, 3.8) is 0 Å². The van der Waals surface area contributed by atoms with Crippen molar-refractivity contribution >= 4 is 50.4 Å². The van der Waals surface area contributed by atoms with E-state index in [0.717, 1.165) is 40.7 Å². The molecule has 0 bridgehead atoms. The molecule has 0 saturated heterocycles. The van der Waals surface area contributed by atoms with Gasteiger partial charge in [0.15, 0.2) is 0 Å². The van der Waals surface area contributed by atoms with Gasteiger partial charge in [-0.05, 0) is 17.9 Å². The van der Waals surface area contributed by atoms with E-state index < -0.39 is 0 Å². The number of hydrogen-bond acceptors (Lipinski definition) is 6. The van der Waals surface area contributed by atoms with Gasteiger partial charge >= 0.3 is 0 Å². The van der Waals surface area contributed by atoms with Crippen molar-refractivity contribution in [1.82, 2.24) is 14.6 Å². The van der Waals surface area contributed by atoms with Gasteiger partial charge in [0.25, 0.3) is 5.56 Å². The molecule has 1 N–H and O–H groups in total. The van der Waals surface area contributed by atoms with Gasteiger partial charge in [0.1, 0.15) is 5.01 Å². The third-order valence-electron chi connectivity index (χ3n) is 4.63. The van der Waals surface area contributed by atoms with E-state index in [4.69, 9.17) is 0 Å². The zero-order valence-corrected chi connectivity index (χ0v) is 18.3. The Kier molecular flexibility index (Phi) is 6.44. The number of benzene rings is 2. The van der Waals surface area contributed by atoms with Crippen LogP contribution in [-0.2, 0) is 17.0 Å². The van der Waals surface area contributed by atoms with Crippen molar-refractivity contribution < 1.29 is 4.79 Å². The molecule has 0 radical (unpaired) electrons. The Labute approximate surface area is 182 Å². The van der Waals surface area contributed by atoms with Gasteiger partial charge in [0.05, 0.1) is 11.4 Å². The van der Waals surface area contributed by atoms with E-state index in [2.05, 4.69) is 22.3 Å². The van der Waals surface area contributed by atoms with E-state index in [1.54, 1.807) is 0 Å². The second-order valence-electron chi connectivity index (χ2n) is 6.95. The zero-order chi connectivity index (χ0) is 20.9. The summed E-state index contributed by atoms with van der Waals surface area (Å²) in [6.45, 7) is 2.13. The molecule has 0 aliphatic carbocycles. The van der Waals surface area contributed by atoms with Crippen LogP contribution in [0, 0.1) is 0 Å². The molecule has 4 aromatic rings. The topological polar surface area (TPSA) is 76.4 Å². The highest BCUT2D eigenvalue weighted by molar-refractivity contribution is 7.99. The number of carbonyl (C=O) groups excluding carboxylic acids is 1. The molecule has 4 rings (SSSR count). The molecule has 8 heteroatoms. The van der Waals surface area contributed by atoms with Crippen LogP contribution in [-0.4, -0.2) is 26.3 Å². The minimum Gasteiger partial charge on any atom is -0.325 e. The Morgan fingerprint density at radius 3 is 2.90 bits per heavy atom. The van der Waals surface area contributed by atoms with Gasteiger partial charge in [-0.25, -0.2) is 4.98 Å². The summed E-state index contributed by atoms with van der Waals surface area (Å²) in [6, 6.07) is 15.3. The molecule has 0 unspecified atom stereocenters. The van der Waals surface area contributed by atoms with Crippen molar-refractivity contribution in [3.05, 3.63) is 69.6 Å². The van der Waals surface area contributed by atoms with Crippen LogP contribution in [0.1, 0.15) is 30.5 Å². The summed E-state index contributed by atoms with van der Waals surface area (Å²) in [5.74, 6) is 0.708. The van der Waals surface area contributed by atoms with Crippen LogP contribution >= 0.6 is 23.1 Å². The molecule has 154 valence electrons. The minimum absolute atomic E-state index is 0.0752. The SMILES string of the molecule is CCCCc1nn2c(=O)cc(CSCC(=O)Nc3cccc4ccccc34)nc2s1. The molecule has 2 aromatic heterocycles. The molecule has 30 heavy (non-hydrogen) atoms. The number of aryl methyl sites for hydroxylation is 1. The minimum atomic E-state index is -0.171. The number of thioether (sulfide) groups is 1. The van der Waals surface area contributed by atoms with Crippen LogP contribution in [0.25, 0.3) is 15.7 Å². The first kappa shape index (κ1) is 20.6. The molecule has 0 fully saturated rings. The van der Waals surface area contributed by atoms with E-state index in [-0.39, 0.29) is 17.2 Å². The second kappa shape index (κ2) is 9.40. The van der Waals surface area contributed by atoms with Gasteiger partial charge in [-0.1, -0.05) is 61.1 Å². The lowest BCUT2D eigenvalue weighted by atomic mass is 10.1. The lowest BCUT2D eigenvalue weighted by Crippen LogP contribution is -2.16. The smallest absolute Gasteiger partial charge is 0.275 e.